The zero-order chi connectivity index (χ0) is 21.9. The van der Waals surface area contributed by atoms with E-state index in [1.165, 1.54) is 18.4 Å². The summed E-state index contributed by atoms with van der Waals surface area (Å²) in [5.41, 5.74) is 2.14. The summed E-state index contributed by atoms with van der Waals surface area (Å²) in [6.45, 7) is 6.93. The molecule has 0 atom stereocenters. The van der Waals surface area contributed by atoms with Crippen LogP contribution in [-0.4, -0.2) is 38.0 Å². The maximum atomic E-state index is 5.60. The Hall–Kier alpha value is -3.07. The fourth-order valence-corrected chi connectivity index (χ4v) is 4.56. The molecular formula is C23H26N6O2S. The van der Waals surface area contributed by atoms with Crippen LogP contribution in [0.15, 0.2) is 56.8 Å². The van der Waals surface area contributed by atoms with E-state index in [-0.39, 0.29) is 0 Å². The van der Waals surface area contributed by atoms with Gasteiger partial charge in [-0.2, -0.15) is 4.98 Å². The molecule has 166 valence electrons. The van der Waals surface area contributed by atoms with Crippen molar-refractivity contribution >= 4 is 17.7 Å². The third-order valence-electron chi connectivity index (χ3n) is 5.76. The predicted molar refractivity (Wildman–Crippen MR) is 122 cm³/mol. The van der Waals surface area contributed by atoms with Gasteiger partial charge in [0.05, 0.1) is 18.6 Å². The second-order valence-corrected chi connectivity index (χ2v) is 9.23. The predicted octanol–water partition coefficient (Wildman–Crippen LogP) is 4.81. The Morgan fingerprint density at radius 1 is 1.09 bits per heavy atom. The highest BCUT2D eigenvalue weighted by Crippen LogP contribution is 2.29. The molecule has 9 heteroatoms. The highest BCUT2D eigenvalue weighted by Gasteiger charge is 2.24. The summed E-state index contributed by atoms with van der Waals surface area (Å²) in [4.78, 5) is 6.87. The number of rotatable bonds is 7. The first kappa shape index (κ1) is 20.8. The SMILES string of the molecule is Cc1ccc(-c2noc(CSc3nnc(N4CCC(C)CC4)n3Cc3ccco3)n2)cc1. The fraction of sp³-hybridized carbons (Fsp3) is 0.391. The van der Waals surface area contributed by atoms with Crippen molar-refractivity contribution in [2.24, 2.45) is 5.92 Å². The molecule has 3 aromatic heterocycles. The molecule has 4 heterocycles. The minimum atomic E-state index is 0.520. The van der Waals surface area contributed by atoms with Crippen LogP contribution in [0.25, 0.3) is 11.4 Å². The maximum Gasteiger partial charge on any atom is 0.237 e. The molecule has 0 bridgehead atoms. The van der Waals surface area contributed by atoms with Crippen LogP contribution >= 0.6 is 11.8 Å². The minimum absolute atomic E-state index is 0.520. The van der Waals surface area contributed by atoms with Gasteiger partial charge in [0.2, 0.25) is 17.7 Å². The first-order chi connectivity index (χ1) is 15.7. The summed E-state index contributed by atoms with van der Waals surface area (Å²) in [6.07, 6.45) is 4.03. The quantitative estimate of drug-likeness (QED) is 0.371. The van der Waals surface area contributed by atoms with E-state index in [1.54, 1.807) is 18.0 Å². The number of furan rings is 1. The Balaban J connectivity index is 1.33. The summed E-state index contributed by atoms with van der Waals surface area (Å²) in [7, 11) is 0. The molecule has 4 aromatic rings. The molecule has 1 fully saturated rings. The molecular weight excluding hydrogens is 424 g/mol. The smallest absolute Gasteiger partial charge is 0.237 e. The van der Waals surface area contributed by atoms with Crippen molar-refractivity contribution in [2.75, 3.05) is 18.0 Å². The summed E-state index contributed by atoms with van der Waals surface area (Å²) in [5.74, 6) is 4.19. The minimum Gasteiger partial charge on any atom is -0.467 e. The van der Waals surface area contributed by atoms with Crippen molar-refractivity contribution in [1.82, 2.24) is 24.9 Å². The van der Waals surface area contributed by atoms with Crippen molar-refractivity contribution in [3.8, 4) is 11.4 Å². The molecule has 0 unspecified atom stereocenters. The van der Waals surface area contributed by atoms with Crippen LogP contribution in [0.3, 0.4) is 0 Å². The Labute approximate surface area is 191 Å². The van der Waals surface area contributed by atoms with E-state index in [9.17, 15) is 0 Å². The van der Waals surface area contributed by atoms with E-state index in [4.69, 9.17) is 8.94 Å². The maximum absolute atomic E-state index is 5.60. The molecule has 1 aromatic carbocycles. The largest absolute Gasteiger partial charge is 0.467 e. The monoisotopic (exact) mass is 450 g/mol. The Bertz CT molecular complexity index is 1140. The average molecular weight is 451 g/mol. The third kappa shape index (κ3) is 4.57. The topological polar surface area (TPSA) is 86.0 Å². The van der Waals surface area contributed by atoms with Crippen LogP contribution in [0.1, 0.15) is 37.0 Å². The Kier molecular flexibility index (Phi) is 5.98. The van der Waals surface area contributed by atoms with Crippen LogP contribution in [-0.2, 0) is 12.3 Å². The molecule has 0 aliphatic carbocycles. The molecule has 0 spiro atoms. The van der Waals surface area contributed by atoms with Gasteiger partial charge in [-0.15, -0.1) is 10.2 Å². The first-order valence-electron chi connectivity index (χ1n) is 10.9. The number of aromatic nitrogens is 5. The van der Waals surface area contributed by atoms with Gasteiger partial charge in [-0.05, 0) is 37.8 Å². The number of thioether (sulfide) groups is 1. The fourth-order valence-electron chi connectivity index (χ4n) is 3.79. The Morgan fingerprint density at radius 3 is 2.66 bits per heavy atom. The van der Waals surface area contributed by atoms with Gasteiger partial charge in [0, 0.05) is 18.7 Å². The van der Waals surface area contributed by atoms with E-state index in [0.717, 1.165) is 41.4 Å². The van der Waals surface area contributed by atoms with E-state index in [1.807, 2.05) is 36.4 Å². The Morgan fingerprint density at radius 2 is 1.91 bits per heavy atom. The molecule has 0 amide bonds. The molecule has 8 nitrogen and oxygen atoms in total. The highest BCUT2D eigenvalue weighted by molar-refractivity contribution is 7.98. The normalized spacial score (nSPS) is 14.9. The van der Waals surface area contributed by atoms with Crippen LogP contribution in [0.5, 0.6) is 0 Å². The zero-order valence-electron chi connectivity index (χ0n) is 18.3. The van der Waals surface area contributed by atoms with E-state index in [2.05, 4.69) is 43.7 Å². The van der Waals surface area contributed by atoms with Crippen LogP contribution in [0.2, 0.25) is 0 Å². The molecule has 32 heavy (non-hydrogen) atoms. The third-order valence-corrected chi connectivity index (χ3v) is 6.71. The lowest BCUT2D eigenvalue weighted by molar-refractivity contribution is 0.391. The zero-order valence-corrected chi connectivity index (χ0v) is 19.1. The van der Waals surface area contributed by atoms with Gasteiger partial charge in [0.15, 0.2) is 5.16 Å². The lowest BCUT2D eigenvalue weighted by Crippen LogP contribution is -2.35. The molecule has 1 aliphatic heterocycles. The van der Waals surface area contributed by atoms with Crippen LogP contribution < -0.4 is 4.90 Å². The number of anilines is 1. The number of aryl methyl sites for hydroxylation is 1. The van der Waals surface area contributed by atoms with Crippen molar-refractivity contribution < 1.29 is 8.94 Å². The summed E-state index contributed by atoms with van der Waals surface area (Å²) in [5, 5.41) is 14.0. The molecule has 1 saturated heterocycles. The van der Waals surface area contributed by atoms with Gasteiger partial charge in [-0.3, -0.25) is 4.57 Å². The van der Waals surface area contributed by atoms with Crippen molar-refractivity contribution in [2.45, 2.75) is 44.1 Å². The first-order valence-corrected chi connectivity index (χ1v) is 11.9. The van der Waals surface area contributed by atoms with Gasteiger partial charge < -0.3 is 13.8 Å². The molecule has 1 aliphatic rings. The van der Waals surface area contributed by atoms with Crippen molar-refractivity contribution in [3.05, 3.63) is 59.9 Å². The number of piperidine rings is 1. The summed E-state index contributed by atoms with van der Waals surface area (Å²) >= 11 is 1.54. The van der Waals surface area contributed by atoms with Crippen molar-refractivity contribution in [1.29, 1.82) is 0 Å². The lowest BCUT2D eigenvalue weighted by Gasteiger charge is -2.31. The second kappa shape index (κ2) is 9.20. The highest BCUT2D eigenvalue weighted by atomic mass is 32.2. The van der Waals surface area contributed by atoms with Gasteiger partial charge in [-0.25, -0.2) is 0 Å². The molecule has 5 rings (SSSR count). The number of benzene rings is 1. The van der Waals surface area contributed by atoms with Gasteiger partial charge in [0.25, 0.3) is 0 Å². The second-order valence-electron chi connectivity index (χ2n) is 8.28. The number of hydrogen-bond acceptors (Lipinski definition) is 8. The summed E-state index contributed by atoms with van der Waals surface area (Å²) in [6, 6.07) is 12.0. The molecule has 0 saturated carbocycles. The molecule has 0 radical (unpaired) electrons. The van der Waals surface area contributed by atoms with Crippen LogP contribution in [0.4, 0.5) is 5.95 Å². The van der Waals surface area contributed by atoms with E-state index < -0.39 is 0 Å². The van der Waals surface area contributed by atoms with E-state index >= 15 is 0 Å². The average Bonchev–Trinajstić information content (AvgIpc) is 3.56. The lowest BCUT2D eigenvalue weighted by atomic mass is 10.00. The number of nitrogens with zero attached hydrogens (tertiary/aromatic N) is 6. The standard InChI is InChI=1S/C23H26N6O2S/c1-16-5-7-18(8-6-16)21-24-20(31-27-21)15-32-23-26-25-22(28-11-9-17(2)10-12-28)29(23)14-19-4-3-13-30-19/h3-8,13,17H,9-12,14-15H2,1-2H3. The summed E-state index contributed by atoms with van der Waals surface area (Å²) < 4.78 is 13.2. The number of hydrogen-bond donors (Lipinski definition) is 0. The van der Waals surface area contributed by atoms with Gasteiger partial charge in [0.1, 0.15) is 5.76 Å². The molecule has 0 N–H and O–H groups in total. The van der Waals surface area contributed by atoms with E-state index in [0.29, 0.717) is 24.0 Å². The van der Waals surface area contributed by atoms with Crippen LogP contribution in [0, 0.1) is 12.8 Å². The van der Waals surface area contributed by atoms with Gasteiger partial charge in [-0.1, -0.05) is 53.7 Å². The van der Waals surface area contributed by atoms with Gasteiger partial charge >= 0.3 is 0 Å². The van der Waals surface area contributed by atoms with Crippen molar-refractivity contribution in [3.63, 3.8) is 0 Å².